The zero-order valence-corrected chi connectivity index (χ0v) is 12.6. The first-order valence-electron chi connectivity index (χ1n) is 7.35. The third-order valence-electron chi connectivity index (χ3n) is 3.33. The third-order valence-corrected chi connectivity index (χ3v) is 3.33. The van der Waals surface area contributed by atoms with Crippen molar-refractivity contribution in [3.63, 3.8) is 0 Å². The first kappa shape index (κ1) is 15.5. The van der Waals surface area contributed by atoms with Gasteiger partial charge in [0.25, 0.3) is 0 Å². The maximum Gasteiger partial charge on any atom is 0.409 e. The molecule has 1 amide bonds. The molecule has 1 aromatic rings. The Morgan fingerprint density at radius 3 is 2.90 bits per heavy atom. The van der Waals surface area contributed by atoms with Crippen molar-refractivity contribution in [2.24, 2.45) is 5.92 Å². The molecule has 6 heteroatoms. The maximum atomic E-state index is 13.8. The van der Waals surface area contributed by atoms with Crippen LogP contribution in [-0.4, -0.2) is 48.8 Å². The number of nitrogens with zero attached hydrogens (tertiary/aromatic N) is 3. The van der Waals surface area contributed by atoms with Crippen molar-refractivity contribution < 1.29 is 13.9 Å². The lowest BCUT2D eigenvalue weighted by molar-refractivity contribution is 0.0943. The molecule has 0 N–H and O–H groups in total. The molecule has 0 atom stereocenters. The largest absolute Gasteiger partial charge is 0.449 e. The lowest BCUT2D eigenvalue weighted by atomic mass is 10.2. The molecule has 0 saturated carbocycles. The summed E-state index contributed by atoms with van der Waals surface area (Å²) in [4.78, 5) is 19.6. The molecule has 2 rings (SSSR count). The lowest BCUT2D eigenvalue weighted by Crippen LogP contribution is -2.36. The van der Waals surface area contributed by atoms with Gasteiger partial charge in [0.05, 0.1) is 6.61 Å². The number of carbonyl (C=O) groups is 1. The Balaban J connectivity index is 1.93. The van der Waals surface area contributed by atoms with E-state index in [2.05, 4.69) is 4.98 Å². The van der Waals surface area contributed by atoms with E-state index < -0.39 is 0 Å². The molecule has 0 aromatic carbocycles. The van der Waals surface area contributed by atoms with Gasteiger partial charge < -0.3 is 14.5 Å². The van der Waals surface area contributed by atoms with E-state index in [4.69, 9.17) is 4.74 Å². The summed E-state index contributed by atoms with van der Waals surface area (Å²) in [6, 6.07) is 2.98. The monoisotopic (exact) mass is 295 g/mol. The molecular formula is C15H22FN3O2. The number of ether oxygens (including phenoxy) is 1. The Labute approximate surface area is 124 Å². The molecule has 116 valence electrons. The van der Waals surface area contributed by atoms with E-state index >= 15 is 0 Å². The van der Waals surface area contributed by atoms with Gasteiger partial charge in [0.1, 0.15) is 0 Å². The maximum absolute atomic E-state index is 13.8. The highest BCUT2D eigenvalue weighted by atomic mass is 19.1. The Hall–Kier alpha value is -1.85. The Morgan fingerprint density at radius 1 is 1.38 bits per heavy atom. The van der Waals surface area contributed by atoms with Gasteiger partial charge in [-0.2, -0.15) is 0 Å². The summed E-state index contributed by atoms with van der Waals surface area (Å²) in [5.41, 5.74) is 0. The smallest absolute Gasteiger partial charge is 0.409 e. The Morgan fingerprint density at radius 2 is 2.19 bits per heavy atom. The molecule has 0 unspecified atom stereocenters. The number of carbonyl (C=O) groups excluding carboxylic acids is 1. The molecule has 5 nitrogen and oxygen atoms in total. The van der Waals surface area contributed by atoms with E-state index in [1.165, 1.54) is 6.07 Å². The number of pyridine rings is 1. The van der Waals surface area contributed by atoms with Crippen molar-refractivity contribution in [3.8, 4) is 0 Å². The highest BCUT2D eigenvalue weighted by Crippen LogP contribution is 2.17. The molecule has 0 aliphatic carbocycles. The summed E-state index contributed by atoms with van der Waals surface area (Å²) < 4.78 is 19.0. The summed E-state index contributed by atoms with van der Waals surface area (Å²) in [6.07, 6.45) is 2.07. The molecular weight excluding hydrogens is 273 g/mol. The lowest BCUT2D eigenvalue weighted by Gasteiger charge is -2.23. The highest BCUT2D eigenvalue weighted by molar-refractivity contribution is 5.67. The summed E-state index contributed by atoms with van der Waals surface area (Å²) in [6.45, 7) is 6.82. The van der Waals surface area contributed by atoms with Crippen LogP contribution >= 0.6 is 0 Å². The van der Waals surface area contributed by atoms with Gasteiger partial charge in [-0.3, -0.25) is 0 Å². The van der Waals surface area contributed by atoms with Crippen LogP contribution in [0.3, 0.4) is 0 Å². The van der Waals surface area contributed by atoms with Crippen LogP contribution in [0, 0.1) is 11.7 Å². The molecule has 21 heavy (non-hydrogen) atoms. The standard InChI is InChI=1S/C15H22FN3O2/c1-12(2)11-21-15(20)19-8-4-7-18(9-10-19)14-13(16)5-3-6-17-14/h3,5-6,12H,4,7-11H2,1-2H3. The first-order chi connectivity index (χ1) is 10.1. The summed E-state index contributed by atoms with van der Waals surface area (Å²) in [5.74, 6) is 0.350. The molecule has 0 bridgehead atoms. The van der Waals surface area contributed by atoms with Gasteiger partial charge >= 0.3 is 6.09 Å². The topological polar surface area (TPSA) is 45.7 Å². The minimum Gasteiger partial charge on any atom is -0.449 e. The van der Waals surface area contributed by atoms with E-state index in [0.29, 0.717) is 44.5 Å². The van der Waals surface area contributed by atoms with E-state index in [-0.39, 0.29) is 11.9 Å². The summed E-state index contributed by atoms with van der Waals surface area (Å²) in [5, 5.41) is 0. The zero-order chi connectivity index (χ0) is 15.2. The molecule has 2 heterocycles. The highest BCUT2D eigenvalue weighted by Gasteiger charge is 2.22. The number of halogens is 1. The number of hydrogen-bond donors (Lipinski definition) is 0. The fourth-order valence-corrected chi connectivity index (χ4v) is 2.25. The quantitative estimate of drug-likeness (QED) is 0.859. The number of aromatic nitrogens is 1. The SMILES string of the molecule is CC(C)COC(=O)N1CCCN(c2ncccc2F)CC1. The van der Waals surface area contributed by atoms with Gasteiger partial charge in [-0.25, -0.2) is 14.2 Å². The molecule has 1 fully saturated rings. The van der Waals surface area contributed by atoms with E-state index in [1.807, 2.05) is 18.7 Å². The molecule has 1 saturated heterocycles. The number of anilines is 1. The average molecular weight is 295 g/mol. The van der Waals surface area contributed by atoms with Crippen molar-refractivity contribution >= 4 is 11.9 Å². The van der Waals surface area contributed by atoms with Gasteiger partial charge in [-0.05, 0) is 24.5 Å². The van der Waals surface area contributed by atoms with Crippen molar-refractivity contribution in [2.45, 2.75) is 20.3 Å². The van der Waals surface area contributed by atoms with Crippen LogP contribution in [0.1, 0.15) is 20.3 Å². The van der Waals surface area contributed by atoms with Crippen LogP contribution in [-0.2, 0) is 4.74 Å². The summed E-state index contributed by atoms with van der Waals surface area (Å²) in [7, 11) is 0. The van der Waals surface area contributed by atoms with Crippen LogP contribution in [0.25, 0.3) is 0 Å². The molecule has 0 radical (unpaired) electrons. The summed E-state index contributed by atoms with van der Waals surface area (Å²) >= 11 is 0. The molecule has 0 spiro atoms. The van der Waals surface area contributed by atoms with Crippen LogP contribution in [0.4, 0.5) is 15.0 Å². The third kappa shape index (κ3) is 4.31. The van der Waals surface area contributed by atoms with Crippen LogP contribution in [0.5, 0.6) is 0 Å². The predicted octanol–water partition coefficient (Wildman–Crippen LogP) is 2.53. The van der Waals surface area contributed by atoms with Crippen molar-refractivity contribution in [3.05, 3.63) is 24.1 Å². The van der Waals surface area contributed by atoms with Crippen LogP contribution in [0.2, 0.25) is 0 Å². The van der Waals surface area contributed by atoms with Crippen LogP contribution < -0.4 is 4.90 Å². The predicted molar refractivity (Wildman–Crippen MR) is 78.8 cm³/mol. The number of hydrogen-bond acceptors (Lipinski definition) is 4. The first-order valence-corrected chi connectivity index (χ1v) is 7.35. The molecule has 1 aromatic heterocycles. The van der Waals surface area contributed by atoms with E-state index in [0.717, 1.165) is 6.42 Å². The van der Waals surface area contributed by atoms with Gasteiger partial charge in [0.15, 0.2) is 11.6 Å². The second kappa shape index (κ2) is 7.24. The Bertz CT molecular complexity index is 482. The Kier molecular flexibility index (Phi) is 5.36. The van der Waals surface area contributed by atoms with Crippen molar-refractivity contribution in [2.75, 3.05) is 37.7 Å². The fraction of sp³-hybridized carbons (Fsp3) is 0.600. The van der Waals surface area contributed by atoms with E-state index in [9.17, 15) is 9.18 Å². The fourth-order valence-electron chi connectivity index (χ4n) is 2.25. The number of rotatable bonds is 3. The van der Waals surface area contributed by atoms with Crippen LogP contribution in [0.15, 0.2) is 18.3 Å². The van der Waals surface area contributed by atoms with Gasteiger partial charge in [0.2, 0.25) is 0 Å². The number of amides is 1. The van der Waals surface area contributed by atoms with Gasteiger partial charge in [0, 0.05) is 32.4 Å². The minimum absolute atomic E-state index is 0.285. The van der Waals surface area contributed by atoms with E-state index in [1.54, 1.807) is 17.2 Å². The zero-order valence-electron chi connectivity index (χ0n) is 12.6. The minimum atomic E-state index is -0.326. The normalized spacial score (nSPS) is 16.0. The van der Waals surface area contributed by atoms with Gasteiger partial charge in [-0.15, -0.1) is 0 Å². The van der Waals surface area contributed by atoms with Crippen molar-refractivity contribution in [1.82, 2.24) is 9.88 Å². The van der Waals surface area contributed by atoms with Gasteiger partial charge in [-0.1, -0.05) is 13.8 Å². The second-order valence-electron chi connectivity index (χ2n) is 5.61. The molecule has 1 aliphatic heterocycles. The molecule has 1 aliphatic rings. The average Bonchev–Trinajstić information content (AvgIpc) is 2.71. The van der Waals surface area contributed by atoms with Crippen molar-refractivity contribution in [1.29, 1.82) is 0 Å². The second-order valence-corrected chi connectivity index (χ2v) is 5.61.